The quantitative estimate of drug-likeness (QED) is 0.845. The SMILES string of the molecule is CS(=O)(=O)c1ccc(C(=O)C2(O)CCCC2)cc1. The molecule has 2 rings (SSSR count). The van der Waals surface area contributed by atoms with Crippen LogP contribution in [0.25, 0.3) is 0 Å². The van der Waals surface area contributed by atoms with Crippen molar-refractivity contribution in [3.8, 4) is 0 Å². The van der Waals surface area contributed by atoms with E-state index in [2.05, 4.69) is 0 Å². The summed E-state index contributed by atoms with van der Waals surface area (Å²) in [5.74, 6) is -0.306. The zero-order chi connectivity index (χ0) is 13.4. The summed E-state index contributed by atoms with van der Waals surface area (Å²) in [6, 6.07) is 5.74. The lowest BCUT2D eigenvalue weighted by molar-refractivity contribution is 0.0353. The summed E-state index contributed by atoms with van der Waals surface area (Å²) in [5, 5.41) is 10.2. The standard InChI is InChI=1S/C13H16O4S/c1-18(16,17)11-6-4-10(5-7-11)12(14)13(15)8-2-3-9-13/h4-7,15H,2-3,8-9H2,1H3. The summed E-state index contributed by atoms with van der Waals surface area (Å²) in [6.07, 6.45) is 3.79. The minimum Gasteiger partial charge on any atom is -0.382 e. The smallest absolute Gasteiger partial charge is 0.194 e. The van der Waals surface area contributed by atoms with Gasteiger partial charge in [-0.25, -0.2) is 8.42 Å². The third-order valence-electron chi connectivity index (χ3n) is 3.40. The van der Waals surface area contributed by atoms with Gasteiger partial charge in [0.1, 0.15) is 5.60 Å². The Labute approximate surface area is 107 Å². The lowest BCUT2D eigenvalue weighted by Gasteiger charge is -2.20. The van der Waals surface area contributed by atoms with Crippen LogP contribution in [0.2, 0.25) is 0 Å². The second kappa shape index (κ2) is 4.48. The van der Waals surface area contributed by atoms with Crippen LogP contribution in [0.15, 0.2) is 29.2 Å². The molecule has 18 heavy (non-hydrogen) atoms. The van der Waals surface area contributed by atoms with Gasteiger partial charge in [0.05, 0.1) is 4.90 Å². The third kappa shape index (κ3) is 2.47. The van der Waals surface area contributed by atoms with Crippen molar-refractivity contribution in [2.24, 2.45) is 0 Å². The Morgan fingerprint density at radius 1 is 1.17 bits per heavy atom. The van der Waals surface area contributed by atoms with E-state index < -0.39 is 15.4 Å². The lowest BCUT2D eigenvalue weighted by Crippen LogP contribution is -2.35. The minimum atomic E-state index is -3.25. The van der Waals surface area contributed by atoms with Gasteiger partial charge in [-0.3, -0.25) is 4.79 Å². The average molecular weight is 268 g/mol. The second-order valence-electron chi connectivity index (χ2n) is 4.86. The number of benzene rings is 1. The van der Waals surface area contributed by atoms with Crippen LogP contribution in [-0.4, -0.2) is 31.2 Å². The van der Waals surface area contributed by atoms with Crippen molar-refractivity contribution in [1.29, 1.82) is 0 Å². The highest BCUT2D eigenvalue weighted by Gasteiger charge is 2.39. The molecule has 1 aliphatic rings. The first kappa shape index (κ1) is 13.2. The van der Waals surface area contributed by atoms with Crippen LogP contribution < -0.4 is 0 Å². The molecule has 1 fully saturated rings. The van der Waals surface area contributed by atoms with Crippen molar-refractivity contribution in [2.45, 2.75) is 36.2 Å². The summed E-state index contributed by atoms with van der Waals surface area (Å²) in [7, 11) is -3.25. The normalized spacial score (nSPS) is 18.8. The Bertz CT molecular complexity index is 551. The number of aliphatic hydroxyl groups is 1. The van der Waals surface area contributed by atoms with Crippen molar-refractivity contribution < 1.29 is 18.3 Å². The van der Waals surface area contributed by atoms with Crippen LogP contribution in [0.4, 0.5) is 0 Å². The van der Waals surface area contributed by atoms with Crippen LogP contribution in [0.5, 0.6) is 0 Å². The second-order valence-corrected chi connectivity index (χ2v) is 6.88. The highest BCUT2D eigenvalue weighted by Crippen LogP contribution is 2.32. The predicted molar refractivity (Wildman–Crippen MR) is 67.3 cm³/mol. The van der Waals surface area contributed by atoms with E-state index in [1.807, 2.05) is 0 Å². The monoisotopic (exact) mass is 268 g/mol. The van der Waals surface area contributed by atoms with Crippen molar-refractivity contribution in [3.05, 3.63) is 29.8 Å². The van der Waals surface area contributed by atoms with E-state index in [0.717, 1.165) is 19.1 Å². The molecule has 0 aromatic heterocycles. The number of hydrogen-bond acceptors (Lipinski definition) is 4. The first-order chi connectivity index (χ1) is 8.33. The van der Waals surface area contributed by atoms with E-state index in [-0.39, 0.29) is 10.7 Å². The van der Waals surface area contributed by atoms with Gasteiger partial charge >= 0.3 is 0 Å². The summed E-state index contributed by atoms with van der Waals surface area (Å²) >= 11 is 0. The van der Waals surface area contributed by atoms with Crippen molar-refractivity contribution >= 4 is 15.6 Å². The van der Waals surface area contributed by atoms with Gasteiger partial charge in [-0.1, -0.05) is 12.1 Å². The van der Waals surface area contributed by atoms with Crippen LogP contribution >= 0.6 is 0 Å². The average Bonchev–Trinajstić information content (AvgIpc) is 2.75. The summed E-state index contributed by atoms with van der Waals surface area (Å²) in [6.45, 7) is 0. The van der Waals surface area contributed by atoms with Crippen LogP contribution in [0.3, 0.4) is 0 Å². The highest BCUT2D eigenvalue weighted by atomic mass is 32.2. The molecule has 0 spiro atoms. The van der Waals surface area contributed by atoms with E-state index in [0.29, 0.717) is 18.4 Å². The molecule has 1 aliphatic carbocycles. The fourth-order valence-corrected chi connectivity index (χ4v) is 2.94. The molecule has 0 unspecified atom stereocenters. The van der Waals surface area contributed by atoms with Crippen molar-refractivity contribution in [3.63, 3.8) is 0 Å². The Hall–Kier alpha value is -1.20. The van der Waals surface area contributed by atoms with Gasteiger partial charge in [-0.15, -0.1) is 0 Å². The van der Waals surface area contributed by atoms with Crippen molar-refractivity contribution in [1.82, 2.24) is 0 Å². The number of Topliss-reactive ketones (excluding diaryl/α,β-unsaturated/α-hetero) is 1. The predicted octanol–water partition coefficient (Wildman–Crippen LogP) is 1.58. The Kier molecular flexibility index (Phi) is 3.29. The minimum absolute atomic E-state index is 0.178. The van der Waals surface area contributed by atoms with E-state index in [9.17, 15) is 18.3 Å². The molecule has 1 aromatic carbocycles. The third-order valence-corrected chi connectivity index (χ3v) is 4.53. The topological polar surface area (TPSA) is 71.4 Å². The first-order valence-electron chi connectivity index (χ1n) is 5.90. The Morgan fingerprint density at radius 2 is 1.67 bits per heavy atom. The van der Waals surface area contributed by atoms with Gasteiger partial charge < -0.3 is 5.11 Å². The fourth-order valence-electron chi connectivity index (χ4n) is 2.31. The molecule has 0 radical (unpaired) electrons. The number of carbonyl (C=O) groups is 1. The lowest BCUT2D eigenvalue weighted by atomic mass is 9.91. The molecule has 0 amide bonds. The fraction of sp³-hybridized carbons (Fsp3) is 0.462. The zero-order valence-electron chi connectivity index (χ0n) is 10.2. The van der Waals surface area contributed by atoms with Gasteiger partial charge in [0.2, 0.25) is 0 Å². The van der Waals surface area contributed by atoms with E-state index in [1.54, 1.807) is 0 Å². The summed E-state index contributed by atoms with van der Waals surface area (Å²) in [5.41, 5.74) is -0.890. The molecule has 0 atom stereocenters. The molecule has 0 saturated heterocycles. The highest BCUT2D eigenvalue weighted by molar-refractivity contribution is 7.90. The van der Waals surface area contributed by atoms with Crippen molar-refractivity contribution in [2.75, 3.05) is 6.26 Å². The molecule has 0 aliphatic heterocycles. The van der Waals surface area contributed by atoms with Crippen LogP contribution in [-0.2, 0) is 9.84 Å². The van der Waals surface area contributed by atoms with E-state index in [1.165, 1.54) is 24.3 Å². The van der Waals surface area contributed by atoms with Gasteiger partial charge in [-0.05, 0) is 37.8 Å². The number of sulfone groups is 1. The van der Waals surface area contributed by atoms with Crippen LogP contribution in [0, 0.1) is 0 Å². The van der Waals surface area contributed by atoms with Gasteiger partial charge in [-0.2, -0.15) is 0 Å². The first-order valence-corrected chi connectivity index (χ1v) is 7.79. The summed E-state index contributed by atoms with van der Waals surface area (Å²) in [4.78, 5) is 12.3. The van der Waals surface area contributed by atoms with Crippen LogP contribution in [0.1, 0.15) is 36.0 Å². The molecule has 4 nitrogen and oxygen atoms in total. The maximum absolute atomic E-state index is 12.1. The molecule has 98 valence electrons. The number of ketones is 1. The number of hydrogen-bond donors (Lipinski definition) is 1. The molecule has 1 saturated carbocycles. The number of rotatable bonds is 3. The number of carbonyl (C=O) groups excluding carboxylic acids is 1. The molecular weight excluding hydrogens is 252 g/mol. The maximum atomic E-state index is 12.1. The zero-order valence-corrected chi connectivity index (χ0v) is 11.0. The van der Waals surface area contributed by atoms with E-state index in [4.69, 9.17) is 0 Å². The molecule has 1 N–H and O–H groups in total. The summed E-state index contributed by atoms with van der Waals surface area (Å²) < 4.78 is 22.6. The largest absolute Gasteiger partial charge is 0.382 e. The molecule has 1 aromatic rings. The Balaban J connectivity index is 2.28. The molecule has 5 heteroatoms. The molecule has 0 heterocycles. The Morgan fingerprint density at radius 3 is 2.11 bits per heavy atom. The van der Waals surface area contributed by atoms with E-state index >= 15 is 0 Å². The molecule has 0 bridgehead atoms. The molecular formula is C13H16O4S. The van der Waals surface area contributed by atoms with Gasteiger partial charge in [0.25, 0.3) is 0 Å². The maximum Gasteiger partial charge on any atom is 0.194 e. The van der Waals surface area contributed by atoms with Gasteiger partial charge in [0.15, 0.2) is 15.6 Å². The van der Waals surface area contributed by atoms with Gasteiger partial charge in [0, 0.05) is 11.8 Å².